The first-order valence-electron chi connectivity index (χ1n) is 6.20. The lowest BCUT2D eigenvalue weighted by Gasteiger charge is -1.96. The number of halogens is 1. The molecule has 0 unspecified atom stereocenters. The first-order valence-corrected chi connectivity index (χ1v) is 7.39. The highest BCUT2D eigenvalue weighted by Gasteiger charge is 2.21. The Morgan fingerprint density at radius 2 is 2.18 bits per heavy atom. The molecular weight excluding hydrogens is 320 g/mol. The summed E-state index contributed by atoms with van der Waals surface area (Å²) in [6.45, 7) is 5.84. The zero-order valence-electron chi connectivity index (χ0n) is 11.5. The Labute approximate surface area is 135 Å². The fraction of sp³-hybridized carbons (Fsp3) is 0.0714. The van der Waals surface area contributed by atoms with Gasteiger partial charge in [0.2, 0.25) is 0 Å². The van der Waals surface area contributed by atoms with Gasteiger partial charge in [-0.2, -0.15) is 15.6 Å². The number of rotatable bonds is 3. The standard InChI is InChI=1S/C14H9ClN6S/c1-7(2)13-12(11-10(5-16)19-21-20-11)18-14(22-13)9-4-3-8(15)6-17-9/h3-4,6H,1H2,2H3,(H,19,20,21). The lowest BCUT2D eigenvalue weighted by atomic mass is 10.1. The van der Waals surface area contributed by atoms with Gasteiger partial charge in [0, 0.05) is 6.20 Å². The van der Waals surface area contributed by atoms with Gasteiger partial charge < -0.3 is 0 Å². The van der Waals surface area contributed by atoms with Crippen LogP contribution in [0, 0.1) is 11.3 Å². The topological polar surface area (TPSA) is 91.1 Å². The molecular formula is C14H9ClN6S. The molecule has 0 radical (unpaired) electrons. The van der Waals surface area contributed by atoms with E-state index in [0.717, 1.165) is 10.5 Å². The molecule has 1 N–H and O–H groups in total. The molecule has 108 valence electrons. The SMILES string of the molecule is C=C(C)c1sc(-c2ccc(Cl)cn2)nc1-c1n[nH]nc1C#N. The van der Waals surface area contributed by atoms with Crippen molar-refractivity contribution in [3.8, 4) is 28.2 Å². The molecule has 0 saturated carbocycles. The molecule has 6 nitrogen and oxygen atoms in total. The number of hydrogen-bond donors (Lipinski definition) is 1. The second-order valence-electron chi connectivity index (χ2n) is 4.47. The smallest absolute Gasteiger partial charge is 0.192 e. The number of nitriles is 1. The third-order valence-electron chi connectivity index (χ3n) is 2.84. The van der Waals surface area contributed by atoms with Crippen LogP contribution in [0.4, 0.5) is 0 Å². The number of nitrogens with one attached hydrogen (secondary N) is 1. The number of pyridine rings is 1. The highest BCUT2D eigenvalue weighted by molar-refractivity contribution is 7.16. The Hall–Kier alpha value is -2.56. The summed E-state index contributed by atoms with van der Waals surface area (Å²) >= 11 is 7.29. The normalized spacial score (nSPS) is 10.4. The van der Waals surface area contributed by atoms with Crippen molar-refractivity contribution in [1.82, 2.24) is 25.4 Å². The maximum atomic E-state index is 9.11. The molecule has 0 aliphatic carbocycles. The summed E-state index contributed by atoms with van der Waals surface area (Å²) in [5, 5.41) is 20.7. The van der Waals surface area contributed by atoms with Crippen molar-refractivity contribution >= 4 is 28.5 Å². The molecule has 3 rings (SSSR count). The Morgan fingerprint density at radius 3 is 2.82 bits per heavy atom. The fourth-order valence-electron chi connectivity index (χ4n) is 1.86. The Kier molecular flexibility index (Phi) is 3.71. The van der Waals surface area contributed by atoms with Crippen LogP contribution >= 0.6 is 22.9 Å². The maximum absolute atomic E-state index is 9.11. The molecule has 0 bridgehead atoms. The van der Waals surface area contributed by atoms with Crippen LogP contribution in [0.1, 0.15) is 17.5 Å². The van der Waals surface area contributed by atoms with Crippen molar-refractivity contribution in [3.05, 3.63) is 40.5 Å². The number of thiazole rings is 1. The van der Waals surface area contributed by atoms with E-state index in [2.05, 4.69) is 32.0 Å². The molecule has 0 aliphatic rings. The van der Waals surface area contributed by atoms with E-state index in [9.17, 15) is 0 Å². The summed E-state index contributed by atoms with van der Waals surface area (Å²) < 4.78 is 0. The Bertz CT molecular complexity index is 887. The van der Waals surface area contributed by atoms with Crippen LogP contribution in [0.2, 0.25) is 5.02 Å². The second kappa shape index (κ2) is 5.67. The average Bonchev–Trinajstić information content (AvgIpc) is 3.14. The van der Waals surface area contributed by atoms with Crippen LogP contribution in [-0.2, 0) is 0 Å². The fourth-order valence-corrected chi connectivity index (χ4v) is 2.94. The number of aromatic amines is 1. The van der Waals surface area contributed by atoms with E-state index in [4.69, 9.17) is 16.9 Å². The lowest BCUT2D eigenvalue weighted by molar-refractivity contribution is 0.936. The third-order valence-corrected chi connectivity index (χ3v) is 4.30. The number of hydrogen-bond acceptors (Lipinski definition) is 6. The molecule has 0 saturated heterocycles. The van der Waals surface area contributed by atoms with Crippen LogP contribution in [-0.4, -0.2) is 25.4 Å². The quantitative estimate of drug-likeness (QED) is 0.793. The van der Waals surface area contributed by atoms with Gasteiger partial charge in [-0.05, 0) is 24.6 Å². The molecule has 3 heterocycles. The Balaban J connectivity index is 2.17. The summed E-state index contributed by atoms with van der Waals surface area (Å²) in [4.78, 5) is 9.67. The summed E-state index contributed by atoms with van der Waals surface area (Å²) in [6.07, 6.45) is 1.56. The third kappa shape index (κ3) is 2.50. The van der Waals surface area contributed by atoms with Crippen molar-refractivity contribution in [1.29, 1.82) is 5.26 Å². The number of allylic oxidation sites excluding steroid dienone is 1. The van der Waals surface area contributed by atoms with E-state index in [1.54, 1.807) is 18.3 Å². The van der Waals surface area contributed by atoms with Crippen molar-refractivity contribution in [2.24, 2.45) is 0 Å². The van der Waals surface area contributed by atoms with Crippen LogP contribution in [0.15, 0.2) is 24.9 Å². The molecule has 0 spiro atoms. The van der Waals surface area contributed by atoms with Gasteiger partial charge in [-0.1, -0.05) is 18.2 Å². The molecule has 0 aromatic carbocycles. The molecule has 8 heteroatoms. The van der Waals surface area contributed by atoms with Gasteiger partial charge >= 0.3 is 0 Å². The van der Waals surface area contributed by atoms with Crippen LogP contribution < -0.4 is 0 Å². The first-order chi connectivity index (χ1) is 10.6. The summed E-state index contributed by atoms with van der Waals surface area (Å²) in [5.41, 5.74) is 2.72. The minimum Gasteiger partial charge on any atom is -0.252 e. The molecule has 0 fully saturated rings. The monoisotopic (exact) mass is 328 g/mol. The lowest BCUT2D eigenvalue weighted by Crippen LogP contribution is -1.88. The predicted molar refractivity (Wildman–Crippen MR) is 85.2 cm³/mol. The van der Waals surface area contributed by atoms with Gasteiger partial charge in [-0.3, -0.25) is 4.98 Å². The van der Waals surface area contributed by atoms with E-state index in [-0.39, 0.29) is 5.69 Å². The summed E-state index contributed by atoms with van der Waals surface area (Å²) in [7, 11) is 0. The average molecular weight is 329 g/mol. The largest absolute Gasteiger partial charge is 0.252 e. The van der Waals surface area contributed by atoms with E-state index in [0.29, 0.717) is 27.1 Å². The van der Waals surface area contributed by atoms with Crippen molar-refractivity contribution in [2.45, 2.75) is 6.92 Å². The van der Waals surface area contributed by atoms with Gasteiger partial charge in [-0.25, -0.2) is 4.98 Å². The molecule has 0 atom stereocenters. The van der Waals surface area contributed by atoms with Crippen molar-refractivity contribution in [3.63, 3.8) is 0 Å². The zero-order valence-corrected chi connectivity index (χ0v) is 13.0. The summed E-state index contributed by atoms with van der Waals surface area (Å²) in [5.74, 6) is 0. The number of nitrogens with zero attached hydrogens (tertiary/aromatic N) is 5. The van der Waals surface area contributed by atoms with Gasteiger partial charge in [0.25, 0.3) is 0 Å². The number of H-pyrrole nitrogens is 1. The highest BCUT2D eigenvalue weighted by atomic mass is 35.5. The van der Waals surface area contributed by atoms with E-state index < -0.39 is 0 Å². The number of aromatic nitrogens is 5. The van der Waals surface area contributed by atoms with Crippen LogP contribution in [0.25, 0.3) is 27.7 Å². The van der Waals surface area contributed by atoms with Crippen LogP contribution in [0.5, 0.6) is 0 Å². The van der Waals surface area contributed by atoms with Crippen LogP contribution in [0.3, 0.4) is 0 Å². The van der Waals surface area contributed by atoms with E-state index in [1.165, 1.54) is 11.3 Å². The minimum absolute atomic E-state index is 0.198. The van der Waals surface area contributed by atoms with E-state index in [1.807, 2.05) is 13.0 Å². The summed E-state index contributed by atoms with van der Waals surface area (Å²) in [6, 6.07) is 5.54. The van der Waals surface area contributed by atoms with Gasteiger partial charge in [0.15, 0.2) is 11.4 Å². The minimum atomic E-state index is 0.198. The van der Waals surface area contributed by atoms with Gasteiger partial charge in [-0.15, -0.1) is 16.4 Å². The Morgan fingerprint density at radius 1 is 1.36 bits per heavy atom. The molecule has 3 aromatic heterocycles. The van der Waals surface area contributed by atoms with Gasteiger partial charge in [0.1, 0.15) is 16.8 Å². The zero-order chi connectivity index (χ0) is 15.7. The molecule has 0 aliphatic heterocycles. The highest BCUT2D eigenvalue weighted by Crippen LogP contribution is 2.36. The van der Waals surface area contributed by atoms with E-state index >= 15 is 0 Å². The second-order valence-corrected chi connectivity index (χ2v) is 5.91. The first kappa shape index (κ1) is 14.4. The molecule has 0 amide bonds. The molecule has 22 heavy (non-hydrogen) atoms. The van der Waals surface area contributed by atoms with Gasteiger partial charge in [0.05, 0.1) is 15.6 Å². The van der Waals surface area contributed by atoms with Crippen molar-refractivity contribution < 1.29 is 0 Å². The van der Waals surface area contributed by atoms with Crippen molar-refractivity contribution in [2.75, 3.05) is 0 Å². The maximum Gasteiger partial charge on any atom is 0.192 e. The molecule has 3 aromatic rings. The predicted octanol–water partition coefficient (Wildman–Crippen LogP) is 3.55.